The number of hydrogen-bond donors (Lipinski definition) is 0. The van der Waals surface area contributed by atoms with Crippen molar-refractivity contribution in [3.05, 3.63) is 29.8 Å². The van der Waals surface area contributed by atoms with Gasteiger partial charge in [0.15, 0.2) is 0 Å². The fourth-order valence-corrected chi connectivity index (χ4v) is 3.32. The maximum absolute atomic E-state index is 12.9. The molecule has 0 N–H and O–H groups in total. The SMILES string of the molecule is Fc1cc(F)cc(SN2CC3C[C@H]3C2)c1. The molecule has 0 amide bonds. The first-order valence-corrected chi connectivity index (χ1v) is 5.87. The topological polar surface area (TPSA) is 3.24 Å². The maximum Gasteiger partial charge on any atom is 0.127 e. The second-order valence-corrected chi connectivity index (χ2v) is 5.47. The lowest BCUT2D eigenvalue weighted by Crippen LogP contribution is -2.13. The molecule has 80 valence electrons. The molecule has 0 spiro atoms. The highest BCUT2D eigenvalue weighted by Gasteiger charge is 2.45. The van der Waals surface area contributed by atoms with Gasteiger partial charge in [0, 0.05) is 24.1 Å². The Morgan fingerprint density at radius 2 is 1.67 bits per heavy atom. The summed E-state index contributed by atoms with van der Waals surface area (Å²) in [6, 6.07) is 3.68. The number of hydrogen-bond acceptors (Lipinski definition) is 2. The maximum atomic E-state index is 12.9. The van der Waals surface area contributed by atoms with Crippen LogP contribution in [0.5, 0.6) is 0 Å². The van der Waals surface area contributed by atoms with Crippen molar-refractivity contribution in [3.63, 3.8) is 0 Å². The van der Waals surface area contributed by atoms with E-state index in [1.165, 1.54) is 30.5 Å². The molecule has 1 aromatic carbocycles. The Bertz CT molecular complexity index is 366. The molecule has 2 aliphatic rings. The normalized spacial score (nSPS) is 29.2. The van der Waals surface area contributed by atoms with Crippen molar-refractivity contribution in [2.45, 2.75) is 11.3 Å². The van der Waals surface area contributed by atoms with E-state index in [4.69, 9.17) is 0 Å². The van der Waals surface area contributed by atoms with Gasteiger partial charge in [-0.3, -0.25) is 0 Å². The fraction of sp³-hybridized carbons (Fsp3) is 0.455. The van der Waals surface area contributed by atoms with Gasteiger partial charge in [0.05, 0.1) is 0 Å². The van der Waals surface area contributed by atoms with E-state index in [9.17, 15) is 8.78 Å². The van der Waals surface area contributed by atoms with Crippen LogP contribution in [-0.2, 0) is 0 Å². The van der Waals surface area contributed by atoms with Gasteiger partial charge in [-0.05, 0) is 42.3 Å². The Morgan fingerprint density at radius 1 is 1.07 bits per heavy atom. The third-order valence-electron chi connectivity index (χ3n) is 3.02. The summed E-state index contributed by atoms with van der Waals surface area (Å²) >= 11 is 1.47. The van der Waals surface area contributed by atoms with Crippen LogP contribution in [0.3, 0.4) is 0 Å². The van der Waals surface area contributed by atoms with Crippen LogP contribution in [0.15, 0.2) is 23.1 Å². The van der Waals surface area contributed by atoms with Gasteiger partial charge < -0.3 is 0 Å². The van der Waals surface area contributed by atoms with Crippen LogP contribution in [0, 0.1) is 23.5 Å². The lowest BCUT2D eigenvalue weighted by Gasteiger charge is -2.15. The van der Waals surface area contributed by atoms with Crippen LogP contribution < -0.4 is 0 Å². The van der Waals surface area contributed by atoms with Gasteiger partial charge in [-0.2, -0.15) is 0 Å². The molecule has 1 aliphatic heterocycles. The minimum absolute atomic E-state index is 0.498. The zero-order chi connectivity index (χ0) is 10.4. The van der Waals surface area contributed by atoms with Crippen LogP contribution in [0.1, 0.15) is 6.42 Å². The molecule has 1 aliphatic carbocycles. The fourth-order valence-electron chi connectivity index (χ4n) is 2.16. The van der Waals surface area contributed by atoms with E-state index in [0.29, 0.717) is 4.90 Å². The molecule has 2 atom stereocenters. The second-order valence-electron chi connectivity index (χ2n) is 4.30. The Kier molecular flexibility index (Phi) is 2.21. The number of nitrogens with zero attached hydrogens (tertiary/aromatic N) is 1. The number of piperidine rings is 1. The first-order chi connectivity index (χ1) is 7.20. The van der Waals surface area contributed by atoms with E-state index >= 15 is 0 Å². The highest BCUT2D eigenvalue weighted by Crippen LogP contribution is 2.47. The van der Waals surface area contributed by atoms with Crippen LogP contribution >= 0.6 is 11.9 Å². The molecule has 0 radical (unpaired) electrons. The smallest absolute Gasteiger partial charge is 0.127 e. The monoisotopic (exact) mass is 227 g/mol. The summed E-state index contributed by atoms with van der Waals surface area (Å²) < 4.78 is 28.0. The predicted octanol–water partition coefficient (Wildman–Crippen LogP) is 2.92. The van der Waals surface area contributed by atoms with E-state index in [-0.39, 0.29) is 0 Å². The molecule has 0 aromatic heterocycles. The van der Waals surface area contributed by atoms with Gasteiger partial charge >= 0.3 is 0 Å². The van der Waals surface area contributed by atoms with Crippen molar-refractivity contribution in [1.82, 2.24) is 4.31 Å². The van der Waals surface area contributed by atoms with Crippen LogP contribution in [0.4, 0.5) is 8.78 Å². The molecule has 1 saturated heterocycles. The summed E-state index contributed by atoms with van der Waals surface area (Å²) in [6.07, 6.45) is 1.34. The molecular weight excluding hydrogens is 216 g/mol. The molecule has 1 nitrogen and oxygen atoms in total. The largest absolute Gasteiger partial charge is 0.246 e. The molecule has 4 heteroatoms. The zero-order valence-corrected chi connectivity index (χ0v) is 8.94. The summed E-state index contributed by atoms with van der Waals surface area (Å²) in [4.78, 5) is 0.661. The van der Waals surface area contributed by atoms with Gasteiger partial charge in [0.1, 0.15) is 11.6 Å². The molecule has 1 saturated carbocycles. The molecule has 2 fully saturated rings. The molecule has 1 heterocycles. The molecule has 1 unspecified atom stereocenters. The third-order valence-corrected chi connectivity index (χ3v) is 4.02. The van der Waals surface area contributed by atoms with Gasteiger partial charge in [0.2, 0.25) is 0 Å². The van der Waals surface area contributed by atoms with E-state index in [1.807, 2.05) is 0 Å². The molecule has 0 bridgehead atoms. The highest BCUT2D eigenvalue weighted by atomic mass is 32.2. The van der Waals surface area contributed by atoms with Crippen molar-refractivity contribution in [3.8, 4) is 0 Å². The van der Waals surface area contributed by atoms with E-state index in [0.717, 1.165) is 31.0 Å². The van der Waals surface area contributed by atoms with E-state index in [1.54, 1.807) is 0 Å². The van der Waals surface area contributed by atoms with Crippen molar-refractivity contribution in [1.29, 1.82) is 0 Å². The van der Waals surface area contributed by atoms with Crippen LogP contribution in [-0.4, -0.2) is 17.4 Å². The van der Waals surface area contributed by atoms with Gasteiger partial charge in [0.25, 0.3) is 0 Å². The molecule has 15 heavy (non-hydrogen) atoms. The summed E-state index contributed by atoms with van der Waals surface area (Å²) in [7, 11) is 0. The van der Waals surface area contributed by atoms with Crippen molar-refractivity contribution in [2.75, 3.05) is 13.1 Å². The lowest BCUT2D eigenvalue weighted by atomic mass is 10.3. The summed E-state index contributed by atoms with van der Waals surface area (Å²) in [6.45, 7) is 2.13. The van der Waals surface area contributed by atoms with Crippen molar-refractivity contribution in [2.24, 2.45) is 11.8 Å². The quantitative estimate of drug-likeness (QED) is 0.715. The summed E-state index contributed by atoms with van der Waals surface area (Å²) in [5, 5.41) is 0. The molecule has 1 aromatic rings. The van der Waals surface area contributed by atoms with Gasteiger partial charge in [-0.25, -0.2) is 13.1 Å². The minimum Gasteiger partial charge on any atom is -0.246 e. The molecule has 3 rings (SSSR count). The number of rotatable bonds is 2. The third kappa shape index (κ3) is 2.01. The number of halogens is 2. The Morgan fingerprint density at radius 3 is 2.27 bits per heavy atom. The highest BCUT2D eigenvalue weighted by molar-refractivity contribution is 7.97. The number of fused-ring (bicyclic) bond motifs is 1. The summed E-state index contributed by atoms with van der Waals surface area (Å²) in [5.74, 6) is 0.690. The van der Waals surface area contributed by atoms with Crippen LogP contribution in [0.25, 0.3) is 0 Å². The minimum atomic E-state index is -0.498. The van der Waals surface area contributed by atoms with E-state index < -0.39 is 11.6 Å². The Labute approximate surface area is 91.6 Å². The van der Waals surface area contributed by atoms with Gasteiger partial charge in [-0.1, -0.05) is 0 Å². The first-order valence-electron chi connectivity index (χ1n) is 5.10. The lowest BCUT2D eigenvalue weighted by molar-refractivity contribution is 0.516. The Hall–Kier alpha value is -0.610. The number of benzene rings is 1. The van der Waals surface area contributed by atoms with Crippen molar-refractivity contribution >= 4 is 11.9 Å². The standard InChI is InChI=1S/C11H11F2NS/c12-9-2-10(13)4-11(3-9)15-14-5-7-1-8(7)6-14/h2-4,7-8H,1,5-6H2/t7-,8?/m0/s1. The predicted molar refractivity (Wildman–Crippen MR) is 55.4 cm³/mol. The van der Waals surface area contributed by atoms with Gasteiger partial charge in [-0.15, -0.1) is 0 Å². The van der Waals surface area contributed by atoms with Crippen molar-refractivity contribution < 1.29 is 8.78 Å². The Balaban J connectivity index is 1.70. The first kappa shape index (κ1) is 9.60. The molecular formula is C11H11F2NS. The average Bonchev–Trinajstić information content (AvgIpc) is 2.72. The van der Waals surface area contributed by atoms with Crippen LogP contribution in [0.2, 0.25) is 0 Å². The van der Waals surface area contributed by atoms with E-state index in [2.05, 4.69) is 4.31 Å². The average molecular weight is 227 g/mol. The zero-order valence-electron chi connectivity index (χ0n) is 8.12. The second kappa shape index (κ2) is 3.46. The summed E-state index contributed by atoms with van der Waals surface area (Å²) in [5.41, 5.74) is 0.